The third-order valence-electron chi connectivity index (χ3n) is 4.83. The van der Waals surface area contributed by atoms with E-state index < -0.39 is 0 Å². The Morgan fingerprint density at radius 3 is 2.62 bits per heavy atom. The van der Waals surface area contributed by atoms with Gasteiger partial charge < -0.3 is 14.8 Å². The minimum atomic E-state index is 0.163. The van der Waals surface area contributed by atoms with Crippen LogP contribution >= 0.6 is 0 Å². The number of likely N-dealkylation sites (tertiary alicyclic amines) is 1. The zero-order chi connectivity index (χ0) is 16.8. The van der Waals surface area contributed by atoms with Crippen LogP contribution in [0.4, 0.5) is 0 Å². The number of imidazole rings is 1. The molecule has 0 aliphatic carbocycles. The highest BCUT2D eigenvalue weighted by atomic mass is 16.2. The number of hydrogen-bond donors (Lipinski definition) is 1. The number of amides is 1. The third kappa shape index (κ3) is 4.23. The molecule has 2 aromatic rings. The molecule has 5 nitrogen and oxygen atoms in total. The monoisotopic (exact) mass is 326 g/mol. The van der Waals surface area contributed by atoms with Crippen LogP contribution in [0.2, 0.25) is 0 Å². The largest absolute Gasteiger partial charge is 0.339 e. The van der Waals surface area contributed by atoms with E-state index >= 15 is 0 Å². The first-order chi connectivity index (χ1) is 11.8. The summed E-state index contributed by atoms with van der Waals surface area (Å²) in [5, 5.41) is 3.21. The summed E-state index contributed by atoms with van der Waals surface area (Å²) in [6, 6.07) is 7.96. The van der Waals surface area contributed by atoms with Crippen molar-refractivity contribution in [2.75, 3.05) is 26.7 Å². The predicted molar refractivity (Wildman–Crippen MR) is 94.9 cm³/mol. The topological polar surface area (TPSA) is 50.2 Å². The minimum Gasteiger partial charge on any atom is -0.339 e. The van der Waals surface area contributed by atoms with Gasteiger partial charge in [-0.25, -0.2) is 4.98 Å². The SMILES string of the molecule is CNCCC1CCN(C(=O)c2ccc(Cn3ccnc3)cc2)CC1. The Morgan fingerprint density at radius 2 is 2.00 bits per heavy atom. The van der Waals surface area contributed by atoms with Gasteiger partial charge in [-0.2, -0.15) is 0 Å². The summed E-state index contributed by atoms with van der Waals surface area (Å²) in [5.41, 5.74) is 1.97. The number of carbonyl (C=O) groups is 1. The van der Waals surface area contributed by atoms with Gasteiger partial charge in [-0.15, -0.1) is 0 Å². The average Bonchev–Trinajstić information content (AvgIpc) is 3.13. The maximum atomic E-state index is 12.6. The van der Waals surface area contributed by atoms with E-state index in [4.69, 9.17) is 0 Å². The van der Waals surface area contributed by atoms with Crippen molar-refractivity contribution in [1.82, 2.24) is 19.8 Å². The van der Waals surface area contributed by atoms with E-state index in [9.17, 15) is 4.79 Å². The van der Waals surface area contributed by atoms with Crippen molar-refractivity contribution in [3.05, 3.63) is 54.1 Å². The summed E-state index contributed by atoms with van der Waals surface area (Å²) in [6.45, 7) is 3.61. The first-order valence-corrected chi connectivity index (χ1v) is 8.75. The number of hydrogen-bond acceptors (Lipinski definition) is 3. The van der Waals surface area contributed by atoms with Crippen LogP contribution < -0.4 is 5.32 Å². The van der Waals surface area contributed by atoms with Gasteiger partial charge in [0.1, 0.15) is 0 Å². The lowest BCUT2D eigenvalue weighted by Gasteiger charge is -2.32. The number of nitrogens with one attached hydrogen (secondary N) is 1. The summed E-state index contributed by atoms with van der Waals surface area (Å²) < 4.78 is 2.02. The van der Waals surface area contributed by atoms with Crippen molar-refractivity contribution < 1.29 is 4.79 Å². The maximum absolute atomic E-state index is 12.6. The molecule has 0 saturated carbocycles. The van der Waals surface area contributed by atoms with E-state index in [-0.39, 0.29) is 5.91 Å². The molecule has 0 spiro atoms. The molecule has 0 radical (unpaired) electrons. The fourth-order valence-electron chi connectivity index (χ4n) is 3.30. The van der Waals surface area contributed by atoms with Gasteiger partial charge in [0, 0.05) is 37.6 Å². The lowest BCUT2D eigenvalue weighted by atomic mass is 9.93. The van der Waals surface area contributed by atoms with E-state index in [1.165, 1.54) is 12.0 Å². The van der Waals surface area contributed by atoms with E-state index in [0.717, 1.165) is 50.5 Å². The molecule has 24 heavy (non-hydrogen) atoms. The molecule has 1 fully saturated rings. The summed E-state index contributed by atoms with van der Waals surface area (Å²) in [7, 11) is 2.00. The molecule has 2 heterocycles. The van der Waals surface area contributed by atoms with Gasteiger partial charge in [-0.3, -0.25) is 4.79 Å². The van der Waals surface area contributed by atoms with Crippen LogP contribution in [0, 0.1) is 5.92 Å². The molecule has 1 aliphatic heterocycles. The maximum Gasteiger partial charge on any atom is 0.253 e. The van der Waals surface area contributed by atoms with Gasteiger partial charge >= 0.3 is 0 Å². The van der Waals surface area contributed by atoms with Crippen molar-refractivity contribution in [2.45, 2.75) is 25.8 Å². The van der Waals surface area contributed by atoms with Gasteiger partial charge in [0.15, 0.2) is 0 Å². The summed E-state index contributed by atoms with van der Waals surface area (Å²) in [6.07, 6.45) is 8.96. The van der Waals surface area contributed by atoms with Crippen molar-refractivity contribution in [2.24, 2.45) is 5.92 Å². The van der Waals surface area contributed by atoms with Crippen LogP contribution in [-0.2, 0) is 6.54 Å². The fraction of sp³-hybridized carbons (Fsp3) is 0.474. The van der Waals surface area contributed by atoms with Crippen LogP contribution in [-0.4, -0.2) is 47.0 Å². The molecule has 128 valence electrons. The number of aromatic nitrogens is 2. The standard InChI is InChI=1S/C19H26N4O/c1-20-9-6-16-7-11-23(12-8-16)19(24)18-4-2-17(3-5-18)14-22-13-10-21-15-22/h2-5,10,13,15-16,20H,6-9,11-12,14H2,1H3. The normalized spacial score (nSPS) is 15.6. The van der Waals surface area contributed by atoms with Gasteiger partial charge in [-0.05, 0) is 56.5 Å². The molecular formula is C19H26N4O. The second-order valence-electron chi connectivity index (χ2n) is 6.56. The van der Waals surface area contributed by atoms with E-state index in [0.29, 0.717) is 0 Å². The summed E-state index contributed by atoms with van der Waals surface area (Å²) >= 11 is 0. The number of piperidine rings is 1. The molecule has 0 atom stereocenters. The molecule has 1 aromatic heterocycles. The summed E-state index contributed by atoms with van der Waals surface area (Å²) in [5.74, 6) is 0.912. The molecule has 5 heteroatoms. The first kappa shape index (κ1) is 16.7. The van der Waals surface area contributed by atoms with Crippen LogP contribution in [0.15, 0.2) is 43.0 Å². The van der Waals surface area contributed by atoms with E-state index in [1.54, 1.807) is 12.5 Å². The smallest absolute Gasteiger partial charge is 0.253 e. The van der Waals surface area contributed by atoms with Crippen molar-refractivity contribution in [3.63, 3.8) is 0 Å². The van der Waals surface area contributed by atoms with Crippen LogP contribution in [0.3, 0.4) is 0 Å². The van der Waals surface area contributed by atoms with Crippen LogP contribution in [0.1, 0.15) is 35.2 Å². The number of nitrogens with zero attached hydrogens (tertiary/aromatic N) is 3. The highest BCUT2D eigenvalue weighted by Crippen LogP contribution is 2.21. The van der Waals surface area contributed by atoms with Crippen molar-refractivity contribution >= 4 is 5.91 Å². The Bertz CT molecular complexity index is 628. The number of carbonyl (C=O) groups excluding carboxylic acids is 1. The number of benzene rings is 1. The van der Waals surface area contributed by atoms with Gasteiger partial charge in [0.25, 0.3) is 5.91 Å². The molecular weight excluding hydrogens is 300 g/mol. The zero-order valence-electron chi connectivity index (χ0n) is 14.3. The molecule has 1 N–H and O–H groups in total. The van der Waals surface area contributed by atoms with Crippen molar-refractivity contribution in [3.8, 4) is 0 Å². The third-order valence-corrected chi connectivity index (χ3v) is 4.83. The van der Waals surface area contributed by atoms with E-state index in [1.807, 2.05) is 47.0 Å². The predicted octanol–water partition coefficient (Wildman–Crippen LogP) is 2.39. The highest BCUT2D eigenvalue weighted by molar-refractivity contribution is 5.94. The Kier molecular flexibility index (Phi) is 5.64. The van der Waals surface area contributed by atoms with Gasteiger partial charge in [-0.1, -0.05) is 12.1 Å². The minimum absolute atomic E-state index is 0.163. The molecule has 0 bridgehead atoms. The molecule has 1 saturated heterocycles. The zero-order valence-corrected chi connectivity index (χ0v) is 14.3. The van der Waals surface area contributed by atoms with Crippen LogP contribution in [0.25, 0.3) is 0 Å². The lowest BCUT2D eigenvalue weighted by Crippen LogP contribution is -2.38. The fourth-order valence-corrected chi connectivity index (χ4v) is 3.30. The van der Waals surface area contributed by atoms with Gasteiger partial charge in [0.05, 0.1) is 6.33 Å². The number of rotatable bonds is 6. The quantitative estimate of drug-likeness (QED) is 0.887. The first-order valence-electron chi connectivity index (χ1n) is 8.75. The lowest BCUT2D eigenvalue weighted by molar-refractivity contribution is 0.0687. The van der Waals surface area contributed by atoms with Crippen molar-refractivity contribution in [1.29, 1.82) is 0 Å². The average molecular weight is 326 g/mol. The van der Waals surface area contributed by atoms with E-state index in [2.05, 4.69) is 10.3 Å². The highest BCUT2D eigenvalue weighted by Gasteiger charge is 2.23. The Balaban J connectivity index is 1.54. The van der Waals surface area contributed by atoms with Gasteiger partial charge in [0.2, 0.25) is 0 Å². The second-order valence-corrected chi connectivity index (χ2v) is 6.56. The molecule has 0 unspecified atom stereocenters. The molecule has 1 aromatic carbocycles. The Labute approximate surface area is 143 Å². The molecule has 1 amide bonds. The Hall–Kier alpha value is -2.14. The molecule has 1 aliphatic rings. The molecule has 3 rings (SSSR count). The van der Waals surface area contributed by atoms with Crippen LogP contribution in [0.5, 0.6) is 0 Å². The second kappa shape index (κ2) is 8.11. The summed E-state index contributed by atoms with van der Waals surface area (Å²) in [4.78, 5) is 18.7. The Morgan fingerprint density at radius 1 is 1.25 bits per heavy atom.